The third-order valence-electron chi connectivity index (χ3n) is 12.9. The Morgan fingerprint density at radius 3 is 2.21 bits per heavy atom. The van der Waals surface area contributed by atoms with Gasteiger partial charge in [0.2, 0.25) is 0 Å². The van der Waals surface area contributed by atoms with Crippen molar-refractivity contribution in [1.29, 1.82) is 0 Å². The molecule has 186 valence electrons. The molecule has 0 saturated heterocycles. The maximum atomic E-state index is 13.5. The van der Waals surface area contributed by atoms with Crippen molar-refractivity contribution >= 4 is 5.97 Å². The zero-order chi connectivity index (χ0) is 24.2. The number of fused-ring (bicyclic) bond motifs is 7. The average Bonchev–Trinajstić information content (AvgIpc) is 2.71. The first-order valence-electron chi connectivity index (χ1n) is 13.8. The summed E-state index contributed by atoms with van der Waals surface area (Å²) in [6.45, 7) is 16.6. The molecule has 0 radical (unpaired) electrons. The summed E-state index contributed by atoms with van der Waals surface area (Å²) in [5, 5.41) is 22.0. The molecule has 4 fully saturated rings. The van der Waals surface area contributed by atoms with E-state index in [2.05, 4.69) is 54.5 Å². The smallest absolute Gasteiger partial charge is 0.314 e. The Morgan fingerprint density at radius 2 is 1.55 bits per heavy atom. The lowest BCUT2D eigenvalue weighted by atomic mass is 9.33. The van der Waals surface area contributed by atoms with Crippen LogP contribution in [0.5, 0.6) is 0 Å². The van der Waals surface area contributed by atoms with Crippen LogP contribution in [0, 0.1) is 50.2 Å². The summed E-state index contributed by atoms with van der Waals surface area (Å²) in [5.74, 6) is 0.675. The molecule has 3 heteroatoms. The van der Waals surface area contributed by atoms with Gasteiger partial charge >= 0.3 is 5.97 Å². The highest BCUT2D eigenvalue weighted by Crippen LogP contribution is 2.75. The van der Waals surface area contributed by atoms with Crippen LogP contribution in [0.2, 0.25) is 0 Å². The SMILES string of the molecule is CC1(C)CC[C@]2(C)CC[C@]3(C(=O)O)C(=CC[C@@H]4[C@]5(C)CC[C@H](O)C(C)(C)[C@@H]5CC[C@]43C)[C@@H]2C1. The van der Waals surface area contributed by atoms with Gasteiger partial charge in [-0.3, -0.25) is 4.79 Å². The molecule has 3 nitrogen and oxygen atoms in total. The average molecular weight is 457 g/mol. The maximum absolute atomic E-state index is 13.5. The van der Waals surface area contributed by atoms with E-state index in [4.69, 9.17) is 0 Å². The molecule has 0 amide bonds. The van der Waals surface area contributed by atoms with Gasteiger partial charge in [-0.25, -0.2) is 0 Å². The van der Waals surface area contributed by atoms with Gasteiger partial charge in [-0.15, -0.1) is 0 Å². The molecule has 0 unspecified atom stereocenters. The number of hydrogen-bond acceptors (Lipinski definition) is 2. The number of hydrogen-bond donors (Lipinski definition) is 2. The predicted octanol–water partition coefficient (Wildman–Crippen LogP) is 7.23. The molecule has 0 bridgehead atoms. The van der Waals surface area contributed by atoms with E-state index < -0.39 is 11.4 Å². The summed E-state index contributed by atoms with van der Waals surface area (Å²) in [6.07, 6.45) is 12.6. The third-order valence-corrected chi connectivity index (χ3v) is 12.9. The Hall–Kier alpha value is -0.830. The summed E-state index contributed by atoms with van der Waals surface area (Å²) < 4.78 is 0. The summed E-state index contributed by atoms with van der Waals surface area (Å²) in [7, 11) is 0. The quantitative estimate of drug-likeness (QED) is 0.409. The molecule has 0 heterocycles. The van der Waals surface area contributed by atoms with E-state index in [1.807, 2.05) is 0 Å². The number of carbonyl (C=O) groups is 1. The Bertz CT molecular complexity index is 885. The molecule has 0 aliphatic heterocycles. The number of carboxylic acids is 1. The molecule has 5 aliphatic rings. The molecular weight excluding hydrogens is 408 g/mol. The summed E-state index contributed by atoms with van der Waals surface area (Å²) in [5.41, 5.74) is 0.906. The molecule has 8 atom stereocenters. The number of carboxylic acid groups (broad SMARTS) is 1. The van der Waals surface area contributed by atoms with Gasteiger partial charge in [0.25, 0.3) is 0 Å². The standard InChI is InChI=1S/C30H48O3/c1-25(2)14-15-27(5)16-17-30(24(32)33)19(20(27)18-25)8-9-22-28(6)12-11-23(31)26(3,4)21(28)10-13-29(22,30)7/h8,20-23,31H,9-18H2,1-7H3,(H,32,33)/t20-,21-,22+,23-,27+,28+,29+,30+/m0/s1. The maximum Gasteiger partial charge on any atom is 0.314 e. The molecule has 33 heavy (non-hydrogen) atoms. The van der Waals surface area contributed by atoms with Gasteiger partial charge in [-0.05, 0) is 109 Å². The summed E-state index contributed by atoms with van der Waals surface area (Å²) >= 11 is 0. The monoisotopic (exact) mass is 456 g/mol. The fourth-order valence-corrected chi connectivity index (χ4v) is 10.6. The normalized spacial score (nSPS) is 52.4. The van der Waals surface area contributed by atoms with Crippen LogP contribution >= 0.6 is 0 Å². The van der Waals surface area contributed by atoms with Crippen LogP contribution in [0.25, 0.3) is 0 Å². The van der Waals surface area contributed by atoms with E-state index in [1.165, 1.54) is 18.4 Å². The van der Waals surface area contributed by atoms with Gasteiger partial charge in [0, 0.05) is 0 Å². The largest absolute Gasteiger partial charge is 0.481 e. The van der Waals surface area contributed by atoms with Gasteiger partial charge in [-0.2, -0.15) is 0 Å². The molecule has 0 aromatic heterocycles. The number of aliphatic hydroxyl groups excluding tert-OH is 1. The zero-order valence-corrected chi connectivity index (χ0v) is 22.3. The third kappa shape index (κ3) is 2.87. The fraction of sp³-hybridized carbons (Fsp3) is 0.900. The Balaban J connectivity index is 1.64. The minimum atomic E-state index is -0.721. The molecule has 2 N–H and O–H groups in total. The van der Waals surface area contributed by atoms with Crippen LogP contribution in [-0.2, 0) is 4.79 Å². The molecule has 4 saturated carbocycles. The highest BCUT2D eigenvalue weighted by molar-refractivity contribution is 5.81. The van der Waals surface area contributed by atoms with Gasteiger partial charge in [0.15, 0.2) is 0 Å². The highest BCUT2D eigenvalue weighted by Gasteiger charge is 2.71. The second kappa shape index (κ2) is 6.89. The number of rotatable bonds is 1. The first kappa shape index (κ1) is 23.9. The van der Waals surface area contributed by atoms with Gasteiger partial charge in [0.05, 0.1) is 11.5 Å². The van der Waals surface area contributed by atoms with Crippen LogP contribution in [-0.4, -0.2) is 22.3 Å². The van der Waals surface area contributed by atoms with E-state index in [0.717, 1.165) is 51.4 Å². The minimum absolute atomic E-state index is 0.0901. The van der Waals surface area contributed by atoms with Crippen molar-refractivity contribution in [1.82, 2.24) is 0 Å². The van der Waals surface area contributed by atoms with Crippen molar-refractivity contribution in [3.8, 4) is 0 Å². The van der Waals surface area contributed by atoms with Crippen LogP contribution in [0.1, 0.15) is 113 Å². The van der Waals surface area contributed by atoms with Crippen molar-refractivity contribution in [2.24, 2.45) is 50.2 Å². The van der Waals surface area contributed by atoms with Crippen molar-refractivity contribution in [2.75, 3.05) is 0 Å². The van der Waals surface area contributed by atoms with E-state index in [9.17, 15) is 15.0 Å². The van der Waals surface area contributed by atoms with Crippen LogP contribution < -0.4 is 0 Å². The zero-order valence-electron chi connectivity index (χ0n) is 22.3. The molecular formula is C30H48O3. The first-order valence-corrected chi connectivity index (χ1v) is 13.8. The molecule has 0 aromatic rings. The van der Waals surface area contributed by atoms with Crippen LogP contribution in [0.15, 0.2) is 11.6 Å². The van der Waals surface area contributed by atoms with Crippen molar-refractivity contribution in [2.45, 2.75) is 119 Å². The van der Waals surface area contributed by atoms with E-state index >= 15 is 0 Å². The molecule has 0 aromatic carbocycles. The van der Waals surface area contributed by atoms with E-state index in [-0.39, 0.29) is 33.2 Å². The lowest BCUT2D eigenvalue weighted by Gasteiger charge is -2.70. The van der Waals surface area contributed by atoms with Crippen molar-refractivity contribution < 1.29 is 15.0 Å². The summed E-state index contributed by atoms with van der Waals surface area (Å²) in [6, 6.07) is 0. The van der Waals surface area contributed by atoms with Crippen LogP contribution in [0.3, 0.4) is 0 Å². The Labute approximate surface area is 201 Å². The topological polar surface area (TPSA) is 57.5 Å². The molecule has 5 aliphatic carbocycles. The van der Waals surface area contributed by atoms with E-state index in [1.54, 1.807) is 0 Å². The predicted molar refractivity (Wildman–Crippen MR) is 133 cm³/mol. The van der Waals surface area contributed by atoms with Crippen molar-refractivity contribution in [3.05, 3.63) is 11.6 Å². The second-order valence-electron chi connectivity index (χ2n) is 15.1. The van der Waals surface area contributed by atoms with E-state index in [0.29, 0.717) is 17.8 Å². The number of aliphatic carboxylic acids is 1. The van der Waals surface area contributed by atoms with Crippen molar-refractivity contribution in [3.63, 3.8) is 0 Å². The highest BCUT2D eigenvalue weighted by atomic mass is 16.4. The van der Waals surface area contributed by atoms with Crippen LogP contribution in [0.4, 0.5) is 0 Å². The number of aliphatic hydroxyl groups is 1. The Morgan fingerprint density at radius 1 is 0.879 bits per heavy atom. The molecule has 5 rings (SSSR count). The number of allylic oxidation sites excluding steroid dienone is 1. The fourth-order valence-electron chi connectivity index (χ4n) is 10.6. The van der Waals surface area contributed by atoms with Gasteiger partial charge in [0.1, 0.15) is 0 Å². The van der Waals surface area contributed by atoms with Gasteiger partial charge < -0.3 is 10.2 Å². The Kier molecular flexibility index (Phi) is 4.99. The lowest BCUT2D eigenvalue weighted by Crippen LogP contribution is -2.66. The van der Waals surface area contributed by atoms with Gasteiger partial charge in [-0.1, -0.05) is 60.1 Å². The second-order valence-corrected chi connectivity index (χ2v) is 15.1. The lowest BCUT2D eigenvalue weighted by molar-refractivity contribution is -0.213. The molecule has 0 spiro atoms. The summed E-state index contributed by atoms with van der Waals surface area (Å²) in [4.78, 5) is 13.5. The minimum Gasteiger partial charge on any atom is -0.481 e. The first-order chi connectivity index (χ1) is 15.1.